The lowest BCUT2D eigenvalue weighted by Crippen LogP contribution is -2.05. The predicted octanol–water partition coefficient (Wildman–Crippen LogP) is 6.01. The molecule has 4 heteroatoms. The Hall–Kier alpha value is -3.92. The number of fused-ring (bicyclic) bond motifs is 2. The molecule has 0 aliphatic heterocycles. The maximum absolute atomic E-state index is 12.7. The Labute approximate surface area is 167 Å². The lowest BCUT2D eigenvalue weighted by molar-refractivity contribution is 0.0474. The largest absolute Gasteiger partial charge is 0.457 e. The fourth-order valence-electron chi connectivity index (χ4n) is 3.51. The summed E-state index contributed by atoms with van der Waals surface area (Å²) in [4.78, 5) is 12.7. The number of hydrogen-bond acceptors (Lipinski definition) is 4. The summed E-state index contributed by atoms with van der Waals surface area (Å²) in [6.45, 7) is 0.216. The zero-order valence-electron chi connectivity index (χ0n) is 15.5. The number of nitrogens with zero attached hydrogens (tertiary/aromatic N) is 1. The summed E-state index contributed by atoms with van der Waals surface area (Å²) in [7, 11) is 0. The van der Waals surface area contributed by atoms with Crippen molar-refractivity contribution in [2.45, 2.75) is 6.61 Å². The molecular weight excluding hydrogens is 362 g/mol. The maximum Gasteiger partial charge on any atom is 0.338 e. The van der Waals surface area contributed by atoms with Gasteiger partial charge in [-0.15, -0.1) is 0 Å². The third kappa shape index (κ3) is 3.25. The molecule has 0 N–H and O–H groups in total. The van der Waals surface area contributed by atoms with Gasteiger partial charge < -0.3 is 9.26 Å². The van der Waals surface area contributed by atoms with Gasteiger partial charge in [0.25, 0.3) is 0 Å². The van der Waals surface area contributed by atoms with E-state index in [1.165, 1.54) is 0 Å². The Morgan fingerprint density at radius 1 is 0.828 bits per heavy atom. The van der Waals surface area contributed by atoms with E-state index in [2.05, 4.69) is 5.16 Å². The van der Waals surface area contributed by atoms with Gasteiger partial charge >= 0.3 is 5.97 Å². The molecule has 1 aromatic heterocycles. The molecule has 0 saturated carbocycles. The summed E-state index contributed by atoms with van der Waals surface area (Å²) >= 11 is 0. The Morgan fingerprint density at radius 2 is 1.62 bits per heavy atom. The fraction of sp³-hybridized carbons (Fsp3) is 0.0400. The van der Waals surface area contributed by atoms with Crippen LogP contribution in [0.2, 0.25) is 0 Å². The third-order valence-corrected chi connectivity index (χ3v) is 4.99. The van der Waals surface area contributed by atoms with Crippen molar-refractivity contribution in [3.8, 4) is 11.3 Å². The van der Waals surface area contributed by atoms with Gasteiger partial charge in [-0.05, 0) is 34.5 Å². The SMILES string of the molecule is O=C(OCc1cccc2ccccc12)c1ccc2noc(-c3ccccc3)c2c1. The zero-order valence-corrected chi connectivity index (χ0v) is 15.5. The van der Waals surface area contributed by atoms with Crippen molar-refractivity contribution in [3.63, 3.8) is 0 Å². The van der Waals surface area contributed by atoms with Crippen LogP contribution in [0.15, 0.2) is 95.5 Å². The molecule has 0 radical (unpaired) electrons. The second kappa shape index (κ2) is 7.24. The Morgan fingerprint density at radius 3 is 2.52 bits per heavy atom. The second-order valence-electron chi connectivity index (χ2n) is 6.82. The minimum absolute atomic E-state index is 0.216. The van der Waals surface area contributed by atoms with E-state index in [0.29, 0.717) is 16.8 Å². The molecule has 0 aliphatic carbocycles. The standard InChI is InChI=1S/C25H17NO3/c27-25(28-16-20-11-6-10-17-7-4-5-12-21(17)20)19-13-14-23-22(15-19)24(29-26-23)18-8-2-1-3-9-18/h1-15H,16H2. The normalized spacial score (nSPS) is 11.0. The van der Waals surface area contributed by atoms with Crippen molar-refractivity contribution in [2.75, 3.05) is 0 Å². The minimum Gasteiger partial charge on any atom is -0.457 e. The van der Waals surface area contributed by atoms with Crippen molar-refractivity contribution >= 4 is 27.6 Å². The molecular formula is C25H17NO3. The highest BCUT2D eigenvalue weighted by Crippen LogP contribution is 2.29. The van der Waals surface area contributed by atoms with Gasteiger partial charge in [-0.2, -0.15) is 0 Å². The van der Waals surface area contributed by atoms with Crippen LogP contribution in [0.1, 0.15) is 15.9 Å². The molecule has 5 aromatic rings. The summed E-state index contributed by atoms with van der Waals surface area (Å²) in [6, 6.07) is 29.0. The average Bonchev–Trinajstić information content (AvgIpc) is 3.21. The van der Waals surface area contributed by atoms with Gasteiger partial charge in [0, 0.05) is 5.56 Å². The van der Waals surface area contributed by atoms with Gasteiger partial charge in [0.05, 0.1) is 10.9 Å². The van der Waals surface area contributed by atoms with E-state index in [0.717, 1.165) is 27.3 Å². The van der Waals surface area contributed by atoms with E-state index in [9.17, 15) is 4.79 Å². The topological polar surface area (TPSA) is 52.3 Å². The molecule has 4 nitrogen and oxygen atoms in total. The number of carbonyl (C=O) groups is 1. The van der Waals surface area contributed by atoms with E-state index < -0.39 is 0 Å². The van der Waals surface area contributed by atoms with E-state index in [-0.39, 0.29) is 12.6 Å². The van der Waals surface area contributed by atoms with Gasteiger partial charge in [0.2, 0.25) is 0 Å². The first kappa shape index (κ1) is 17.2. The third-order valence-electron chi connectivity index (χ3n) is 4.99. The molecule has 0 aliphatic rings. The van der Waals surface area contributed by atoms with Crippen LogP contribution in [0.4, 0.5) is 0 Å². The number of carbonyl (C=O) groups excluding carboxylic acids is 1. The van der Waals surface area contributed by atoms with E-state index in [4.69, 9.17) is 9.26 Å². The first-order valence-electron chi connectivity index (χ1n) is 9.38. The number of hydrogen-bond donors (Lipinski definition) is 0. The highest BCUT2D eigenvalue weighted by molar-refractivity contribution is 5.99. The molecule has 29 heavy (non-hydrogen) atoms. The van der Waals surface area contributed by atoms with Crippen LogP contribution in [-0.4, -0.2) is 11.1 Å². The summed E-state index contributed by atoms with van der Waals surface area (Å²) in [5, 5.41) is 7.10. The van der Waals surface area contributed by atoms with E-state index >= 15 is 0 Å². The predicted molar refractivity (Wildman–Crippen MR) is 113 cm³/mol. The molecule has 4 aromatic carbocycles. The van der Waals surface area contributed by atoms with Crippen LogP contribution in [0.25, 0.3) is 33.0 Å². The molecule has 0 fully saturated rings. The highest BCUT2D eigenvalue weighted by atomic mass is 16.5. The van der Waals surface area contributed by atoms with Crippen molar-refractivity contribution in [1.82, 2.24) is 5.16 Å². The minimum atomic E-state index is -0.375. The van der Waals surface area contributed by atoms with Gasteiger partial charge in [-0.1, -0.05) is 78.0 Å². The van der Waals surface area contributed by atoms with Crippen LogP contribution in [0, 0.1) is 0 Å². The first-order valence-corrected chi connectivity index (χ1v) is 9.38. The lowest BCUT2D eigenvalue weighted by atomic mass is 10.1. The summed E-state index contributed by atoms with van der Waals surface area (Å²) < 4.78 is 11.1. The van der Waals surface area contributed by atoms with Crippen molar-refractivity contribution in [1.29, 1.82) is 0 Å². The van der Waals surface area contributed by atoms with Crippen molar-refractivity contribution < 1.29 is 14.1 Å². The smallest absolute Gasteiger partial charge is 0.338 e. The van der Waals surface area contributed by atoms with Gasteiger partial charge in [0.15, 0.2) is 5.76 Å². The molecule has 1 heterocycles. The van der Waals surface area contributed by atoms with Crippen molar-refractivity contribution in [2.24, 2.45) is 0 Å². The number of esters is 1. The Bertz CT molecular complexity index is 1320. The van der Waals surface area contributed by atoms with Gasteiger partial charge in [0.1, 0.15) is 12.1 Å². The lowest BCUT2D eigenvalue weighted by Gasteiger charge is -2.08. The van der Waals surface area contributed by atoms with Gasteiger partial charge in [-0.3, -0.25) is 0 Å². The summed E-state index contributed by atoms with van der Waals surface area (Å²) in [6.07, 6.45) is 0. The maximum atomic E-state index is 12.7. The van der Waals surface area contributed by atoms with Crippen LogP contribution in [-0.2, 0) is 11.3 Å². The molecule has 0 spiro atoms. The summed E-state index contributed by atoms with van der Waals surface area (Å²) in [5.41, 5.74) is 3.07. The Balaban J connectivity index is 1.42. The van der Waals surface area contributed by atoms with Crippen LogP contribution >= 0.6 is 0 Å². The monoisotopic (exact) mass is 379 g/mol. The van der Waals surface area contributed by atoms with E-state index in [1.54, 1.807) is 18.2 Å². The number of benzene rings is 4. The van der Waals surface area contributed by atoms with Crippen LogP contribution in [0.3, 0.4) is 0 Å². The summed E-state index contributed by atoms with van der Waals surface area (Å²) in [5.74, 6) is 0.268. The van der Waals surface area contributed by atoms with Crippen LogP contribution < -0.4 is 0 Å². The highest BCUT2D eigenvalue weighted by Gasteiger charge is 2.15. The molecule has 5 rings (SSSR count). The first-order chi connectivity index (χ1) is 14.3. The zero-order chi connectivity index (χ0) is 19.6. The van der Waals surface area contributed by atoms with E-state index in [1.807, 2.05) is 72.8 Å². The average molecular weight is 379 g/mol. The van der Waals surface area contributed by atoms with Crippen molar-refractivity contribution in [3.05, 3.63) is 102 Å². The molecule has 0 unspecified atom stereocenters. The quantitative estimate of drug-likeness (QED) is 0.359. The molecule has 0 bridgehead atoms. The number of ether oxygens (including phenoxy) is 1. The molecule has 0 amide bonds. The molecule has 0 atom stereocenters. The van der Waals surface area contributed by atoms with Crippen LogP contribution in [0.5, 0.6) is 0 Å². The second-order valence-corrected chi connectivity index (χ2v) is 6.82. The van der Waals surface area contributed by atoms with Gasteiger partial charge in [-0.25, -0.2) is 4.79 Å². The number of rotatable bonds is 4. The Kier molecular flexibility index (Phi) is 4.30. The molecule has 140 valence electrons. The molecule has 0 saturated heterocycles. The fourth-order valence-corrected chi connectivity index (χ4v) is 3.51. The number of aromatic nitrogens is 1.